The lowest BCUT2D eigenvalue weighted by Crippen LogP contribution is -2.55. The number of aromatic nitrogens is 1. The molecule has 2 aromatic carbocycles. The van der Waals surface area contributed by atoms with Gasteiger partial charge in [0.1, 0.15) is 41.3 Å². The van der Waals surface area contributed by atoms with Crippen molar-refractivity contribution in [3.63, 3.8) is 0 Å². The first-order valence-corrected chi connectivity index (χ1v) is 16.7. The van der Waals surface area contributed by atoms with Crippen LogP contribution in [0.2, 0.25) is 5.02 Å². The van der Waals surface area contributed by atoms with Crippen molar-refractivity contribution in [1.82, 2.24) is 15.2 Å². The average molecular weight is 692 g/mol. The molecule has 48 heavy (non-hydrogen) atoms. The van der Waals surface area contributed by atoms with Gasteiger partial charge in [-0.05, 0) is 49.1 Å². The summed E-state index contributed by atoms with van der Waals surface area (Å²) in [6, 6.07) is 17.1. The van der Waals surface area contributed by atoms with Crippen LogP contribution in [0.4, 0.5) is 0 Å². The number of carbonyl (C=O) groups excluding carboxylic acids is 1. The second-order valence-electron chi connectivity index (χ2n) is 12.2. The van der Waals surface area contributed by atoms with Crippen LogP contribution in [0, 0.1) is 11.3 Å². The summed E-state index contributed by atoms with van der Waals surface area (Å²) < 4.78 is 19.2. The maximum atomic E-state index is 11.5. The first-order chi connectivity index (χ1) is 23.1. The molecule has 5 rings (SSSR count). The van der Waals surface area contributed by atoms with Gasteiger partial charge in [-0.3, -0.25) is 9.78 Å². The number of ether oxygens (including phenoxy) is 3. The van der Waals surface area contributed by atoms with E-state index in [0.717, 1.165) is 43.6 Å². The summed E-state index contributed by atoms with van der Waals surface area (Å²) in [6.07, 6.45) is 10.7. The van der Waals surface area contributed by atoms with Crippen LogP contribution in [-0.2, 0) is 22.7 Å². The molecular formula is C37H40Cl2N4O5. The van der Waals surface area contributed by atoms with Gasteiger partial charge in [0.15, 0.2) is 0 Å². The first kappa shape index (κ1) is 35.4. The van der Waals surface area contributed by atoms with Crippen molar-refractivity contribution in [1.29, 1.82) is 5.26 Å². The molecule has 2 heterocycles. The highest BCUT2D eigenvalue weighted by Crippen LogP contribution is 2.47. The van der Waals surface area contributed by atoms with Crippen molar-refractivity contribution in [3.8, 4) is 17.6 Å². The van der Waals surface area contributed by atoms with E-state index in [4.69, 9.17) is 37.4 Å². The molecule has 11 heteroatoms. The number of nitrogens with one attached hydrogen (secondary N) is 1. The van der Waals surface area contributed by atoms with Gasteiger partial charge in [-0.2, -0.15) is 5.26 Å². The highest BCUT2D eigenvalue weighted by atomic mass is 35.5. The molecule has 1 aliphatic heterocycles. The Morgan fingerprint density at radius 1 is 1.19 bits per heavy atom. The van der Waals surface area contributed by atoms with Gasteiger partial charge in [0, 0.05) is 68.8 Å². The van der Waals surface area contributed by atoms with E-state index in [-0.39, 0.29) is 31.8 Å². The molecule has 0 bridgehead atoms. The van der Waals surface area contributed by atoms with Crippen molar-refractivity contribution < 1.29 is 24.1 Å². The maximum Gasteiger partial charge on any atom is 0.217 e. The largest absolute Gasteiger partial charge is 0.488 e. The number of halogens is 2. The van der Waals surface area contributed by atoms with E-state index >= 15 is 0 Å². The van der Waals surface area contributed by atoms with Crippen molar-refractivity contribution in [3.05, 3.63) is 106 Å². The third-order valence-electron chi connectivity index (χ3n) is 8.72. The monoisotopic (exact) mass is 690 g/mol. The number of rotatable bonds is 14. The second-order valence-corrected chi connectivity index (χ2v) is 13.4. The van der Waals surface area contributed by atoms with Crippen molar-refractivity contribution >= 4 is 34.7 Å². The third-order valence-corrected chi connectivity index (χ3v) is 9.54. The van der Waals surface area contributed by atoms with Gasteiger partial charge in [0.2, 0.25) is 5.91 Å². The second kappa shape index (κ2) is 16.0. The highest BCUT2D eigenvalue weighted by Gasteiger charge is 2.51. The van der Waals surface area contributed by atoms with Crippen LogP contribution in [0.1, 0.15) is 48.9 Å². The number of aliphatic hydroxyl groups excluding tert-OH is 1. The van der Waals surface area contributed by atoms with Gasteiger partial charge in [-0.15, -0.1) is 11.6 Å². The number of amides is 1. The molecule has 2 aliphatic rings. The Labute approximate surface area is 291 Å². The Morgan fingerprint density at radius 3 is 2.75 bits per heavy atom. The Balaban J connectivity index is 1.34. The summed E-state index contributed by atoms with van der Waals surface area (Å²) in [4.78, 5) is 16.9. The fraction of sp³-hybridized carbons (Fsp3) is 0.378. The third kappa shape index (κ3) is 8.38. The van der Waals surface area contributed by atoms with Crippen molar-refractivity contribution in [2.75, 3.05) is 32.8 Å². The molecule has 252 valence electrons. The number of allylic oxidation sites excluding steroid dienone is 2. The summed E-state index contributed by atoms with van der Waals surface area (Å²) in [6.45, 7) is 6.32. The van der Waals surface area contributed by atoms with Crippen LogP contribution < -0.4 is 14.8 Å². The number of carbonyl (C=O) groups is 1. The van der Waals surface area contributed by atoms with Crippen LogP contribution in [0.25, 0.3) is 5.57 Å². The maximum absolute atomic E-state index is 11.5. The smallest absolute Gasteiger partial charge is 0.217 e. The van der Waals surface area contributed by atoms with E-state index in [1.807, 2.05) is 55.5 Å². The van der Waals surface area contributed by atoms with Gasteiger partial charge in [0.25, 0.3) is 0 Å². The molecule has 9 nitrogen and oxygen atoms in total. The molecule has 3 aromatic rings. The first-order valence-electron chi connectivity index (χ1n) is 15.9. The minimum Gasteiger partial charge on any atom is -0.488 e. The van der Waals surface area contributed by atoms with Crippen molar-refractivity contribution in [2.45, 2.75) is 56.4 Å². The van der Waals surface area contributed by atoms with Crippen LogP contribution in [-0.4, -0.2) is 70.3 Å². The molecule has 3 unspecified atom stereocenters. The van der Waals surface area contributed by atoms with E-state index in [2.05, 4.69) is 21.3 Å². The lowest BCUT2D eigenvalue weighted by Gasteiger charge is -2.45. The fourth-order valence-electron chi connectivity index (χ4n) is 6.14. The number of aliphatic hydroxyl groups is 1. The van der Waals surface area contributed by atoms with E-state index in [9.17, 15) is 15.2 Å². The van der Waals surface area contributed by atoms with Crippen LogP contribution in [0.5, 0.6) is 11.5 Å². The highest BCUT2D eigenvalue weighted by molar-refractivity contribution is 6.32. The molecule has 1 aliphatic carbocycles. The number of nitriles is 1. The van der Waals surface area contributed by atoms with Crippen LogP contribution >= 0.6 is 23.2 Å². The number of hydrogen-bond donors (Lipinski definition) is 2. The number of hydrogen-bond acceptors (Lipinski definition) is 8. The minimum atomic E-state index is -1.08. The molecular weight excluding hydrogens is 651 g/mol. The standard InChI is InChI=1S/C37H40Cl2N4O5/c1-26(45)42-31-11-14-43(22-31)13-7-15-48-37(12-6-10-32(36(37,2)39)29-8-4-3-5-9-29)25-47-35-18-34(30(23-44)17-33(35)38)46-24-28-16-27(19-40)20-41-21-28/h3-6,8-10,12,16-18,20-21,31,44H,7,11,13-15,22-25H2,1-2H3,(H,42,45). The number of alkyl halides is 1. The summed E-state index contributed by atoms with van der Waals surface area (Å²) in [5.74, 6) is 0.718. The Hall–Kier alpha value is -3.91. The molecule has 3 atom stereocenters. The molecule has 1 fully saturated rings. The van der Waals surface area contributed by atoms with Gasteiger partial charge in [-0.1, -0.05) is 54.1 Å². The summed E-state index contributed by atoms with van der Waals surface area (Å²) in [5, 5.41) is 22.6. The van der Waals surface area contributed by atoms with E-state index < -0.39 is 10.5 Å². The number of benzene rings is 2. The van der Waals surface area contributed by atoms with E-state index in [0.29, 0.717) is 39.8 Å². The summed E-state index contributed by atoms with van der Waals surface area (Å²) in [7, 11) is 0. The summed E-state index contributed by atoms with van der Waals surface area (Å²) in [5.41, 5.74) is 2.40. The van der Waals surface area contributed by atoms with Crippen molar-refractivity contribution in [2.24, 2.45) is 0 Å². The van der Waals surface area contributed by atoms with Gasteiger partial charge in [-0.25, -0.2) is 0 Å². The average Bonchev–Trinajstić information content (AvgIpc) is 3.53. The SMILES string of the molecule is CC(=O)NC1CCN(CCCOC2(COc3cc(OCc4cncc(C#N)c4)c(CO)cc3Cl)C=CC=C(c3ccccc3)C2(C)Cl)C1. The molecule has 0 spiro atoms. The van der Waals surface area contributed by atoms with Crippen LogP contribution in [0.3, 0.4) is 0 Å². The Morgan fingerprint density at radius 2 is 2.00 bits per heavy atom. The predicted octanol–water partition coefficient (Wildman–Crippen LogP) is 6.06. The number of likely N-dealkylation sites (tertiary alicyclic amines) is 1. The normalized spacial score (nSPS) is 22.2. The topological polar surface area (TPSA) is 117 Å². The minimum absolute atomic E-state index is 0.00708. The number of nitrogens with zero attached hydrogens (tertiary/aromatic N) is 3. The zero-order valence-corrected chi connectivity index (χ0v) is 28.6. The zero-order chi connectivity index (χ0) is 34.1. The van der Waals surface area contributed by atoms with E-state index in [1.165, 1.54) is 6.20 Å². The zero-order valence-electron chi connectivity index (χ0n) is 27.1. The number of pyridine rings is 1. The van der Waals surface area contributed by atoms with Gasteiger partial charge in [0.05, 0.1) is 17.2 Å². The summed E-state index contributed by atoms with van der Waals surface area (Å²) >= 11 is 14.2. The fourth-order valence-corrected chi connectivity index (χ4v) is 6.72. The lowest BCUT2D eigenvalue weighted by atomic mass is 9.76. The Kier molecular flexibility index (Phi) is 11.8. The molecule has 1 saturated heterocycles. The lowest BCUT2D eigenvalue weighted by molar-refractivity contribution is -0.119. The quantitative estimate of drug-likeness (QED) is 0.155. The molecule has 1 amide bonds. The van der Waals surface area contributed by atoms with Gasteiger partial charge < -0.3 is 29.5 Å². The molecule has 0 saturated carbocycles. The van der Waals surface area contributed by atoms with Crippen LogP contribution in [0.15, 0.2) is 79.2 Å². The molecule has 0 radical (unpaired) electrons. The molecule has 2 N–H and O–H groups in total. The molecule has 1 aromatic heterocycles. The van der Waals surface area contributed by atoms with Gasteiger partial charge >= 0.3 is 0 Å². The predicted molar refractivity (Wildman–Crippen MR) is 186 cm³/mol. The Bertz CT molecular complexity index is 1690. The van der Waals surface area contributed by atoms with E-state index in [1.54, 1.807) is 31.3 Å².